The summed E-state index contributed by atoms with van der Waals surface area (Å²) < 4.78 is 0. The Labute approximate surface area is 121 Å². The van der Waals surface area contributed by atoms with Crippen molar-refractivity contribution >= 4 is 29.3 Å². The number of aryl methyl sites for hydroxylation is 1. The molecule has 0 saturated carbocycles. The van der Waals surface area contributed by atoms with E-state index in [9.17, 15) is 9.59 Å². The van der Waals surface area contributed by atoms with Crippen LogP contribution in [0.5, 0.6) is 0 Å². The zero-order valence-electron chi connectivity index (χ0n) is 11.4. The third-order valence-corrected chi connectivity index (χ3v) is 4.19. The van der Waals surface area contributed by atoms with E-state index in [0.29, 0.717) is 25.4 Å². The SMILES string of the molecule is Cc1nc(/C=C/C(=O)N2CCC(CCC(=O)O)C2)cs1. The molecule has 1 amide bonds. The first-order chi connectivity index (χ1) is 9.54. The van der Waals surface area contributed by atoms with Gasteiger partial charge in [0.05, 0.1) is 10.7 Å². The fraction of sp³-hybridized carbons (Fsp3) is 0.500. The van der Waals surface area contributed by atoms with Gasteiger partial charge in [0.15, 0.2) is 0 Å². The Hall–Kier alpha value is -1.69. The molecule has 0 radical (unpaired) electrons. The zero-order valence-corrected chi connectivity index (χ0v) is 12.2. The molecule has 0 aliphatic carbocycles. The lowest BCUT2D eigenvalue weighted by Gasteiger charge is -2.13. The highest BCUT2D eigenvalue weighted by atomic mass is 32.1. The zero-order chi connectivity index (χ0) is 14.5. The highest BCUT2D eigenvalue weighted by molar-refractivity contribution is 7.09. The fourth-order valence-electron chi connectivity index (χ4n) is 2.31. The van der Waals surface area contributed by atoms with Crippen LogP contribution in [0, 0.1) is 12.8 Å². The molecular formula is C14H18N2O3S. The van der Waals surface area contributed by atoms with Crippen LogP contribution in [0.4, 0.5) is 0 Å². The van der Waals surface area contributed by atoms with Crippen LogP contribution in [0.2, 0.25) is 0 Å². The molecule has 108 valence electrons. The average molecular weight is 294 g/mol. The molecule has 2 rings (SSSR count). The predicted molar refractivity (Wildman–Crippen MR) is 77.4 cm³/mol. The Morgan fingerprint density at radius 1 is 1.60 bits per heavy atom. The van der Waals surface area contributed by atoms with Crippen molar-refractivity contribution in [3.8, 4) is 0 Å². The van der Waals surface area contributed by atoms with Gasteiger partial charge in [-0.25, -0.2) is 4.98 Å². The molecule has 0 bridgehead atoms. The van der Waals surface area contributed by atoms with E-state index in [1.165, 1.54) is 0 Å². The van der Waals surface area contributed by atoms with Gasteiger partial charge in [-0.15, -0.1) is 11.3 Å². The number of amides is 1. The minimum atomic E-state index is -0.770. The molecule has 2 heterocycles. The summed E-state index contributed by atoms with van der Waals surface area (Å²) in [5.74, 6) is -0.480. The van der Waals surface area contributed by atoms with E-state index in [4.69, 9.17) is 5.11 Å². The highest BCUT2D eigenvalue weighted by Crippen LogP contribution is 2.21. The molecule has 1 aromatic rings. The maximum atomic E-state index is 12.0. The van der Waals surface area contributed by atoms with Gasteiger partial charge in [0.2, 0.25) is 5.91 Å². The summed E-state index contributed by atoms with van der Waals surface area (Å²) in [5, 5.41) is 11.6. The Kier molecular flexibility index (Phi) is 4.89. The fourth-order valence-corrected chi connectivity index (χ4v) is 2.90. The normalized spacial score (nSPS) is 18.9. The lowest BCUT2D eigenvalue weighted by Crippen LogP contribution is -2.26. The summed E-state index contributed by atoms with van der Waals surface area (Å²) >= 11 is 1.56. The third-order valence-electron chi connectivity index (χ3n) is 3.40. The van der Waals surface area contributed by atoms with Crippen molar-refractivity contribution in [1.82, 2.24) is 9.88 Å². The molecule has 1 aromatic heterocycles. The number of aromatic nitrogens is 1. The van der Waals surface area contributed by atoms with Crippen molar-refractivity contribution in [2.24, 2.45) is 5.92 Å². The summed E-state index contributed by atoms with van der Waals surface area (Å²) in [6.07, 6.45) is 5.00. The Bertz CT molecular complexity index is 524. The number of hydrogen-bond donors (Lipinski definition) is 1. The number of carboxylic acid groups (broad SMARTS) is 1. The van der Waals surface area contributed by atoms with Gasteiger partial charge in [-0.2, -0.15) is 0 Å². The monoisotopic (exact) mass is 294 g/mol. The quantitative estimate of drug-likeness (QED) is 0.845. The summed E-state index contributed by atoms with van der Waals surface area (Å²) in [6, 6.07) is 0. The molecule has 1 aliphatic rings. The molecule has 20 heavy (non-hydrogen) atoms. The molecular weight excluding hydrogens is 276 g/mol. The van der Waals surface area contributed by atoms with Gasteiger partial charge in [0, 0.05) is 31.0 Å². The average Bonchev–Trinajstić information content (AvgIpc) is 3.02. The standard InChI is InChI=1S/C14H18N2O3S/c1-10-15-12(9-20-10)3-4-13(17)16-7-6-11(8-16)2-5-14(18)19/h3-4,9,11H,2,5-8H2,1H3,(H,18,19)/b4-3+. The van der Waals surface area contributed by atoms with Crippen molar-refractivity contribution in [2.45, 2.75) is 26.2 Å². The highest BCUT2D eigenvalue weighted by Gasteiger charge is 2.25. The minimum Gasteiger partial charge on any atom is -0.481 e. The van der Waals surface area contributed by atoms with E-state index in [-0.39, 0.29) is 12.3 Å². The predicted octanol–water partition coefficient (Wildman–Crippen LogP) is 2.18. The van der Waals surface area contributed by atoms with E-state index in [0.717, 1.165) is 17.1 Å². The Morgan fingerprint density at radius 3 is 3.05 bits per heavy atom. The molecule has 1 aliphatic heterocycles. The van der Waals surface area contributed by atoms with Crippen molar-refractivity contribution in [3.63, 3.8) is 0 Å². The minimum absolute atomic E-state index is 0.0199. The van der Waals surface area contributed by atoms with Crippen LogP contribution in [-0.4, -0.2) is 40.0 Å². The molecule has 1 N–H and O–H groups in total. The lowest BCUT2D eigenvalue weighted by atomic mass is 10.0. The van der Waals surface area contributed by atoms with Crippen molar-refractivity contribution in [3.05, 3.63) is 22.2 Å². The maximum Gasteiger partial charge on any atom is 0.303 e. The van der Waals surface area contributed by atoms with Gasteiger partial charge >= 0.3 is 5.97 Å². The number of carboxylic acids is 1. The number of carbonyl (C=O) groups excluding carboxylic acids is 1. The number of nitrogens with zero attached hydrogens (tertiary/aromatic N) is 2. The van der Waals surface area contributed by atoms with Gasteiger partial charge < -0.3 is 10.0 Å². The second-order valence-electron chi connectivity index (χ2n) is 5.00. The summed E-state index contributed by atoms with van der Waals surface area (Å²) in [6.45, 7) is 3.30. The van der Waals surface area contributed by atoms with Crippen LogP contribution >= 0.6 is 11.3 Å². The van der Waals surface area contributed by atoms with E-state index in [1.807, 2.05) is 12.3 Å². The first-order valence-electron chi connectivity index (χ1n) is 6.65. The van der Waals surface area contributed by atoms with Gasteiger partial charge in [0.25, 0.3) is 0 Å². The molecule has 0 spiro atoms. The molecule has 1 saturated heterocycles. The van der Waals surface area contributed by atoms with Crippen LogP contribution in [0.25, 0.3) is 6.08 Å². The molecule has 5 nitrogen and oxygen atoms in total. The number of carbonyl (C=O) groups is 2. The molecule has 6 heteroatoms. The van der Waals surface area contributed by atoms with E-state index in [1.54, 1.807) is 28.4 Å². The lowest BCUT2D eigenvalue weighted by molar-refractivity contribution is -0.137. The second-order valence-corrected chi connectivity index (χ2v) is 6.06. The van der Waals surface area contributed by atoms with Crippen LogP contribution in [0.1, 0.15) is 30.0 Å². The van der Waals surface area contributed by atoms with E-state index < -0.39 is 5.97 Å². The van der Waals surface area contributed by atoms with Crippen LogP contribution in [0.15, 0.2) is 11.5 Å². The number of thiazole rings is 1. The van der Waals surface area contributed by atoms with Crippen molar-refractivity contribution in [1.29, 1.82) is 0 Å². The number of rotatable bonds is 5. The van der Waals surface area contributed by atoms with Crippen LogP contribution in [0.3, 0.4) is 0 Å². The first-order valence-corrected chi connectivity index (χ1v) is 7.53. The van der Waals surface area contributed by atoms with E-state index >= 15 is 0 Å². The second kappa shape index (κ2) is 6.65. The van der Waals surface area contributed by atoms with Crippen molar-refractivity contribution in [2.75, 3.05) is 13.1 Å². The topological polar surface area (TPSA) is 70.5 Å². The Morgan fingerprint density at radius 2 is 2.40 bits per heavy atom. The van der Waals surface area contributed by atoms with Crippen LogP contribution in [-0.2, 0) is 9.59 Å². The first kappa shape index (κ1) is 14.7. The van der Waals surface area contributed by atoms with Gasteiger partial charge in [-0.1, -0.05) is 0 Å². The summed E-state index contributed by atoms with van der Waals surface area (Å²) in [4.78, 5) is 28.6. The van der Waals surface area contributed by atoms with Gasteiger partial charge in [0.1, 0.15) is 0 Å². The molecule has 0 aromatic carbocycles. The number of likely N-dealkylation sites (tertiary alicyclic amines) is 1. The molecule has 1 atom stereocenters. The van der Waals surface area contributed by atoms with Crippen LogP contribution < -0.4 is 0 Å². The summed E-state index contributed by atoms with van der Waals surface area (Å²) in [7, 11) is 0. The van der Waals surface area contributed by atoms with E-state index in [2.05, 4.69) is 4.98 Å². The summed E-state index contributed by atoms with van der Waals surface area (Å²) in [5.41, 5.74) is 0.808. The smallest absolute Gasteiger partial charge is 0.303 e. The maximum absolute atomic E-state index is 12.0. The number of hydrogen-bond acceptors (Lipinski definition) is 4. The van der Waals surface area contributed by atoms with Gasteiger partial charge in [-0.05, 0) is 31.8 Å². The van der Waals surface area contributed by atoms with Crippen molar-refractivity contribution < 1.29 is 14.7 Å². The Balaban J connectivity index is 1.82. The van der Waals surface area contributed by atoms with Gasteiger partial charge in [-0.3, -0.25) is 9.59 Å². The number of aliphatic carboxylic acids is 1. The molecule has 1 unspecified atom stereocenters. The largest absolute Gasteiger partial charge is 0.481 e. The third kappa shape index (κ3) is 4.16. The molecule has 1 fully saturated rings.